The molecular weight excluding hydrogens is 394 g/mol. The third-order valence-corrected chi connectivity index (χ3v) is 5.63. The Kier molecular flexibility index (Phi) is 11.3. The number of amides is 2. The van der Waals surface area contributed by atoms with Gasteiger partial charge in [-0.3, -0.25) is 4.79 Å². The molecule has 0 aliphatic carbocycles. The summed E-state index contributed by atoms with van der Waals surface area (Å²) in [5.41, 5.74) is 1.05. The zero-order valence-corrected chi connectivity index (χ0v) is 18.9. The molecule has 1 aromatic rings. The lowest BCUT2D eigenvalue weighted by molar-refractivity contribution is -0.140. The van der Waals surface area contributed by atoms with Crippen molar-refractivity contribution in [1.82, 2.24) is 4.90 Å². The molecule has 0 radical (unpaired) electrons. The standard InChI is InChI=1S/C25H37NO5/c1-3-4-5-10-15-22(27)16-11-7-12-17-23(30-2)24(28)26-21(19-31-25(26)29)18-20-13-8-6-9-14-20/h6-9,11,13-14,21-23,27H,3-5,10,12,15-19H2,1-2H3/b11-7+/t21-,22-,23-/m1/s1. The van der Waals surface area contributed by atoms with Crippen molar-refractivity contribution in [3.63, 3.8) is 0 Å². The van der Waals surface area contributed by atoms with E-state index in [4.69, 9.17) is 9.47 Å². The largest absolute Gasteiger partial charge is 0.447 e. The normalized spacial score (nSPS) is 18.4. The summed E-state index contributed by atoms with van der Waals surface area (Å²) >= 11 is 0. The maximum absolute atomic E-state index is 13.0. The van der Waals surface area contributed by atoms with Gasteiger partial charge in [-0.2, -0.15) is 0 Å². The first-order valence-corrected chi connectivity index (χ1v) is 11.5. The number of rotatable bonds is 14. The van der Waals surface area contributed by atoms with Crippen molar-refractivity contribution >= 4 is 12.0 Å². The number of methoxy groups -OCH3 is 1. The maximum atomic E-state index is 13.0. The Bertz CT molecular complexity index is 690. The van der Waals surface area contributed by atoms with Crippen molar-refractivity contribution in [2.75, 3.05) is 13.7 Å². The summed E-state index contributed by atoms with van der Waals surface area (Å²) in [5, 5.41) is 10.0. The molecule has 0 aromatic heterocycles. The molecule has 1 aliphatic rings. The number of carbonyl (C=O) groups excluding carboxylic acids is 2. The summed E-state index contributed by atoms with van der Waals surface area (Å²) < 4.78 is 10.5. The van der Waals surface area contributed by atoms with E-state index in [1.165, 1.54) is 31.3 Å². The Morgan fingerprint density at radius 3 is 2.71 bits per heavy atom. The van der Waals surface area contributed by atoms with Crippen LogP contribution in [0.2, 0.25) is 0 Å². The molecular formula is C25H37NO5. The second-order valence-electron chi connectivity index (χ2n) is 8.14. The van der Waals surface area contributed by atoms with E-state index in [1.807, 2.05) is 42.5 Å². The van der Waals surface area contributed by atoms with Crippen LogP contribution in [0, 0.1) is 0 Å². The van der Waals surface area contributed by atoms with Crippen LogP contribution in [0.4, 0.5) is 4.79 Å². The number of aliphatic hydroxyl groups excluding tert-OH is 1. The molecule has 1 N–H and O–H groups in total. The van der Waals surface area contributed by atoms with Gasteiger partial charge in [-0.1, -0.05) is 75.1 Å². The van der Waals surface area contributed by atoms with E-state index in [2.05, 4.69) is 6.92 Å². The first kappa shape index (κ1) is 25.1. The molecule has 1 aromatic carbocycles. The van der Waals surface area contributed by atoms with E-state index < -0.39 is 12.2 Å². The zero-order valence-electron chi connectivity index (χ0n) is 18.9. The van der Waals surface area contributed by atoms with Crippen LogP contribution in [-0.4, -0.2) is 54.0 Å². The molecule has 0 saturated carbocycles. The first-order valence-electron chi connectivity index (χ1n) is 11.5. The fourth-order valence-corrected chi connectivity index (χ4v) is 3.81. The van der Waals surface area contributed by atoms with Crippen molar-refractivity contribution in [1.29, 1.82) is 0 Å². The molecule has 31 heavy (non-hydrogen) atoms. The molecule has 172 valence electrons. The highest BCUT2D eigenvalue weighted by Gasteiger charge is 2.40. The number of hydrogen-bond acceptors (Lipinski definition) is 5. The van der Waals surface area contributed by atoms with Gasteiger partial charge in [-0.15, -0.1) is 0 Å². The molecule has 3 atom stereocenters. The van der Waals surface area contributed by atoms with E-state index >= 15 is 0 Å². The Labute approximate surface area is 186 Å². The summed E-state index contributed by atoms with van der Waals surface area (Å²) in [5.74, 6) is -0.352. The smallest absolute Gasteiger partial charge is 0.417 e. The lowest BCUT2D eigenvalue weighted by Gasteiger charge is -2.24. The quantitative estimate of drug-likeness (QED) is 0.343. The molecule has 6 nitrogen and oxygen atoms in total. The number of allylic oxidation sites excluding steroid dienone is 1. The molecule has 1 saturated heterocycles. The number of aliphatic hydroxyl groups is 1. The number of cyclic esters (lactones) is 1. The van der Waals surface area contributed by atoms with Crippen molar-refractivity contribution in [3.05, 3.63) is 48.0 Å². The molecule has 2 rings (SSSR count). The van der Waals surface area contributed by atoms with E-state index in [0.29, 0.717) is 25.7 Å². The molecule has 6 heteroatoms. The monoisotopic (exact) mass is 431 g/mol. The highest BCUT2D eigenvalue weighted by molar-refractivity contribution is 5.96. The van der Waals surface area contributed by atoms with Crippen LogP contribution in [0.1, 0.15) is 63.9 Å². The summed E-state index contributed by atoms with van der Waals surface area (Å²) in [6.45, 7) is 2.37. The lowest BCUT2D eigenvalue weighted by atomic mass is 10.0. The third kappa shape index (κ3) is 8.46. The maximum Gasteiger partial charge on any atom is 0.417 e. The average Bonchev–Trinajstić information content (AvgIpc) is 3.14. The second kappa shape index (κ2) is 14.0. The molecule has 1 fully saturated rings. The van der Waals surface area contributed by atoms with E-state index in [1.54, 1.807) is 0 Å². The van der Waals surface area contributed by atoms with Crippen LogP contribution >= 0.6 is 0 Å². The van der Waals surface area contributed by atoms with E-state index in [-0.39, 0.29) is 24.7 Å². The Morgan fingerprint density at radius 2 is 2.00 bits per heavy atom. The molecule has 1 aliphatic heterocycles. The lowest BCUT2D eigenvalue weighted by Crippen LogP contribution is -2.46. The van der Waals surface area contributed by atoms with Gasteiger partial charge in [0, 0.05) is 7.11 Å². The number of hydrogen-bond donors (Lipinski definition) is 1. The van der Waals surface area contributed by atoms with Gasteiger partial charge in [0.25, 0.3) is 5.91 Å². The molecule has 0 spiro atoms. The molecule has 1 heterocycles. The van der Waals surface area contributed by atoms with Crippen LogP contribution in [0.5, 0.6) is 0 Å². The van der Waals surface area contributed by atoms with Gasteiger partial charge in [0.2, 0.25) is 0 Å². The SMILES string of the molecule is CCCCCC[C@@H](O)C/C=C/CC[C@@H](OC)C(=O)N1C(=O)OC[C@H]1Cc1ccccc1. The number of unbranched alkanes of at least 4 members (excludes halogenated alkanes) is 3. The van der Waals surface area contributed by atoms with Gasteiger partial charge in [0.05, 0.1) is 12.1 Å². The Balaban J connectivity index is 1.80. The number of ether oxygens (including phenoxy) is 2. The van der Waals surface area contributed by atoms with Crippen LogP contribution < -0.4 is 0 Å². The third-order valence-electron chi connectivity index (χ3n) is 5.63. The van der Waals surface area contributed by atoms with Crippen molar-refractivity contribution in [2.24, 2.45) is 0 Å². The minimum absolute atomic E-state index is 0.200. The van der Waals surface area contributed by atoms with E-state index in [0.717, 1.165) is 18.4 Å². The van der Waals surface area contributed by atoms with Crippen molar-refractivity contribution in [2.45, 2.75) is 83.0 Å². The van der Waals surface area contributed by atoms with Crippen molar-refractivity contribution in [3.8, 4) is 0 Å². The highest BCUT2D eigenvalue weighted by atomic mass is 16.6. The molecule has 0 bridgehead atoms. The highest BCUT2D eigenvalue weighted by Crippen LogP contribution is 2.20. The van der Waals surface area contributed by atoms with Gasteiger partial charge >= 0.3 is 6.09 Å². The van der Waals surface area contributed by atoms with Gasteiger partial charge in [-0.05, 0) is 37.7 Å². The van der Waals surface area contributed by atoms with Crippen LogP contribution in [0.3, 0.4) is 0 Å². The predicted molar refractivity (Wildman–Crippen MR) is 121 cm³/mol. The van der Waals surface area contributed by atoms with Gasteiger partial charge < -0.3 is 14.6 Å². The zero-order chi connectivity index (χ0) is 22.5. The summed E-state index contributed by atoms with van der Waals surface area (Å²) in [6.07, 6.45) is 10.1. The summed E-state index contributed by atoms with van der Waals surface area (Å²) in [6, 6.07) is 9.43. The summed E-state index contributed by atoms with van der Waals surface area (Å²) in [7, 11) is 1.49. The first-order chi connectivity index (χ1) is 15.1. The molecule has 0 unspecified atom stereocenters. The number of benzene rings is 1. The van der Waals surface area contributed by atoms with Crippen LogP contribution in [-0.2, 0) is 20.7 Å². The van der Waals surface area contributed by atoms with Crippen LogP contribution in [0.25, 0.3) is 0 Å². The fourth-order valence-electron chi connectivity index (χ4n) is 3.81. The van der Waals surface area contributed by atoms with Crippen LogP contribution in [0.15, 0.2) is 42.5 Å². The Morgan fingerprint density at radius 1 is 1.23 bits per heavy atom. The van der Waals surface area contributed by atoms with Gasteiger partial charge in [-0.25, -0.2) is 9.69 Å². The minimum Gasteiger partial charge on any atom is -0.447 e. The fraction of sp³-hybridized carbons (Fsp3) is 0.600. The second-order valence-corrected chi connectivity index (χ2v) is 8.14. The predicted octanol–water partition coefficient (Wildman–Crippen LogP) is 4.65. The topological polar surface area (TPSA) is 76.1 Å². The molecule has 2 amide bonds. The minimum atomic E-state index is -0.701. The number of imide groups is 1. The van der Waals surface area contributed by atoms with Gasteiger partial charge in [0.15, 0.2) is 0 Å². The number of carbonyl (C=O) groups is 2. The van der Waals surface area contributed by atoms with Crippen molar-refractivity contribution < 1.29 is 24.2 Å². The summed E-state index contributed by atoms with van der Waals surface area (Å²) in [4.78, 5) is 26.4. The average molecular weight is 432 g/mol. The van der Waals surface area contributed by atoms with E-state index in [9.17, 15) is 14.7 Å². The number of nitrogens with zero attached hydrogens (tertiary/aromatic N) is 1. The van der Waals surface area contributed by atoms with Gasteiger partial charge in [0.1, 0.15) is 12.7 Å². The Hall–Kier alpha value is -2.18.